The number of urea groups is 1. The lowest BCUT2D eigenvalue weighted by Crippen LogP contribution is -2.39. The van der Waals surface area contributed by atoms with E-state index in [0.717, 1.165) is 9.26 Å². The number of hydrogen-bond donors (Lipinski definition) is 3. The van der Waals surface area contributed by atoms with Gasteiger partial charge in [0.25, 0.3) is 6.20 Å². The minimum atomic E-state index is -0.562. The average molecular weight is 474 g/mol. The van der Waals surface area contributed by atoms with Gasteiger partial charge in [0.2, 0.25) is 11.0 Å². The maximum atomic E-state index is 11.8. The Hall–Kier alpha value is -2.37. The molecule has 0 aliphatic heterocycles. The third-order valence-corrected chi connectivity index (χ3v) is 3.59. The van der Waals surface area contributed by atoms with Crippen LogP contribution in [-0.4, -0.2) is 36.1 Å². The summed E-state index contributed by atoms with van der Waals surface area (Å²) in [6, 6.07) is 7.18. The van der Waals surface area contributed by atoms with Gasteiger partial charge in [-0.3, -0.25) is 9.84 Å². The van der Waals surface area contributed by atoms with E-state index in [-0.39, 0.29) is 19.0 Å². The number of benzene rings is 1. The number of halogens is 1. The number of anilines is 1. The molecule has 26 heavy (non-hydrogen) atoms. The van der Waals surface area contributed by atoms with Crippen LogP contribution in [0.15, 0.2) is 35.0 Å². The summed E-state index contributed by atoms with van der Waals surface area (Å²) in [5, 5.41) is 11.5. The molecule has 2 rings (SSSR count). The number of nitrogens with one attached hydrogen (secondary N) is 3. The monoisotopic (exact) mass is 474 g/mol. The van der Waals surface area contributed by atoms with Crippen LogP contribution in [0.5, 0.6) is 0 Å². The zero-order chi connectivity index (χ0) is 19.2. The number of aromatic nitrogens is 2. The molecule has 3 amide bonds. The average Bonchev–Trinajstić information content (AvgIpc) is 2.99. The van der Waals surface area contributed by atoms with Gasteiger partial charge in [0, 0.05) is 28.8 Å². The van der Waals surface area contributed by atoms with Crippen LogP contribution in [0.2, 0.25) is 0 Å². The highest BCUT2D eigenvalue weighted by atomic mass is 127. The number of nitrogens with zero attached hydrogens (tertiary/aromatic N) is 2. The Morgan fingerprint density at radius 1 is 1.19 bits per heavy atom. The van der Waals surface area contributed by atoms with Crippen molar-refractivity contribution in [3.05, 3.63) is 34.0 Å². The van der Waals surface area contributed by atoms with Crippen molar-refractivity contribution < 1.29 is 23.5 Å². The standard InChI is InChI=1S/C16H20IN5O4/c1-16(2,3)25-15(24)19-9-8-18-14(23)20-13-10-22(21-26-13)12-6-4-11(17)5-7-12/h4-7,10H,8-9H2,1-3H3,(H2-,18,19,20,21,23,24)/p+1. The highest BCUT2D eigenvalue weighted by Gasteiger charge is 2.17. The summed E-state index contributed by atoms with van der Waals surface area (Å²) >= 11 is 2.21. The number of rotatable bonds is 5. The predicted octanol–water partition coefficient (Wildman–Crippen LogP) is 2.20. The predicted molar refractivity (Wildman–Crippen MR) is 102 cm³/mol. The Balaban J connectivity index is 1.73. The Labute approximate surface area is 164 Å². The SMILES string of the molecule is CC(C)(C)OC(=O)NCCNC(=O)Nc1c[n+](-c2ccc(I)cc2)no1. The smallest absolute Gasteiger partial charge is 0.407 e. The van der Waals surface area contributed by atoms with Crippen molar-refractivity contribution in [3.63, 3.8) is 0 Å². The summed E-state index contributed by atoms with van der Waals surface area (Å²) in [5.74, 6) is 0.196. The zero-order valence-electron chi connectivity index (χ0n) is 14.7. The largest absolute Gasteiger partial charge is 0.444 e. The molecule has 0 unspecified atom stereocenters. The second kappa shape index (κ2) is 8.83. The maximum Gasteiger partial charge on any atom is 0.407 e. The fourth-order valence-electron chi connectivity index (χ4n) is 1.83. The van der Waals surface area contributed by atoms with E-state index in [4.69, 9.17) is 9.26 Å². The lowest BCUT2D eigenvalue weighted by atomic mass is 10.2. The summed E-state index contributed by atoms with van der Waals surface area (Å²) in [5.41, 5.74) is 0.248. The van der Waals surface area contributed by atoms with E-state index < -0.39 is 17.7 Å². The molecule has 0 bridgehead atoms. The Morgan fingerprint density at radius 3 is 2.50 bits per heavy atom. The third-order valence-electron chi connectivity index (χ3n) is 2.87. The van der Waals surface area contributed by atoms with Crippen LogP contribution in [0, 0.1) is 3.57 Å². The first-order valence-corrected chi connectivity index (χ1v) is 8.97. The molecular formula is C16H21IN5O4+. The van der Waals surface area contributed by atoms with Crippen LogP contribution < -0.4 is 20.6 Å². The first-order valence-electron chi connectivity index (χ1n) is 7.89. The molecule has 1 aromatic heterocycles. The molecule has 0 atom stereocenters. The Kier molecular flexibility index (Phi) is 6.77. The van der Waals surface area contributed by atoms with Crippen molar-refractivity contribution in [1.29, 1.82) is 0 Å². The maximum absolute atomic E-state index is 11.8. The number of alkyl carbamates (subject to hydrolysis) is 1. The summed E-state index contributed by atoms with van der Waals surface area (Å²) in [7, 11) is 0. The fraction of sp³-hybridized carbons (Fsp3) is 0.375. The van der Waals surface area contributed by atoms with Crippen molar-refractivity contribution in [2.45, 2.75) is 26.4 Å². The Morgan fingerprint density at radius 2 is 1.85 bits per heavy atom. The second-order valence-corrected chi connectivity index (χ2v) is 7.54. The van der Waals surface area contributed by atoms with Crippen LogP contribution in [0.1, 0.15) is 20.8 Å². The molecule has 1 heterocycles. The molecule has 0 radical (unpaired) electrons. The molecule has 0 saturated heterocycles. The van der Waals surface area contributed by atoms with Crippen LogP contribution in [0.4, 0.5) is 15.5 Å². The van der Waals surface area contributed by atoms with Gasteiger partial charge in [-0.2, -0.15) is 0 Å². The molecule has 1 aromatic carbocycles. The molecule has 10 heteroatoms. The van der Waals surface area contributed by atoms with Crippen molar-refractivity contribution in [1.82, 2.24) is 15.9 Å². The number of ether oxygens (including phenoxy) is 1. The van der Waals surface area contributed by atoms with Gasteiger partial charge in [-0.15, -0.1) is 0 Å². The van der Waals surface area contributed by atoms with Crippen molar-refractivity contribution >= 4 is 40.6 Å². The normalized spacial score (nSPS) is 10.9. The van der Waals surface area contributed by atoms with Gasteiger partial charge in [0.15, 0.2) is 0 Å². The van der Waals surface area contributed by atoms with Gasteiger partial charge in [-0.05, 0) is 60.2 Å². The highest BCUT2D eigenvalue weighted by Crippen LogP contribution is 2.08. The quantitative estimate of drug-likeness (QED) is 0.350. The van der Waals surface area contributed by atoms with Crippen LogP contribution in [0.3, 0.4) is 0 Å². The summed E-state index contributed by atoms with van der Waals surface area (Å²) in [6.07, 6.45) is 1.02. The van der Waals surface area contributed by atoms with Crippen LogP contribution in [-0.2, 0) is 4.74 Å². The van der Waals surface area contributed by atoms with E-state index in [0.29, 0.717) is 0 Å². The lowest BCUT2D eigenvalue weighted by molar-refractivity contribution is -0.670. The van der Waals surface area contributed by atoms with E-state index >= 15 is 0 Å². The molecule has 140 valence electrons. The molecule has 0 saturated carbocycles. The van der Waals surface area contributed by atoms with E-state index in [1.807, 2.05) is 24.3 Å². The second-order valence-electron chi connectivity index (χ2n) is 6.30. The summed E-state index contributed by atoms with van der Waals surface area (Å²) in [6.45, 7) is 5.80. The highest BCUT2D eigenvalue weighted by molar-refractivity contribution is 14.1. The molecule has 0 aliphatic rings. The van der Waals surface area contributed by atoms with Gasteiger partial charge >= 0.3 is 18.0 Å². The fourth-order valence-corrected chi connectivity index (χ4v) is 2.19. The molecule has 9 nitrogen and oxygen atoms in total. The van der Waals surface area contributed by atoms with Gasteiger partial charge < -0.3 is 15.4 Å². The van der Waals surface area contributed by atoms with Gasteiger partial charge in [-0.25, -0.2) is 9.59 Å². The zero-order valence-corrected chi connectivity index (χ0v) is 16.9. The van der Waals surface area contributed by atoms with E-state index in [2.05, 4.69) is 43.8 Å². The molecule has 0 spiro atoms. The molecule has 0 aliphatic carbocycles. The summed E-state index contributed by atoms with van der Waals surface area (Å²) < 4.78 is 12.8. The van der Waals surface area contributed by atoms with Gasteiger partial charge in [0.1, 0.15) is 5.60 Å². The lowest BCUT2D eigenvalue weighted by Gasteiger charge is -2.19. The minimum absolute atomic E-state index is 0.196. The van der Waals surface area contributed by atoms with Crippen LogP contribution >= 0.6 is 22.6 Å². The van der Waals surface area contributed by atoms with E-state index in [9.17, 15) is 9.59 Å². The van der Waals surface area contributed by atoms with E-state index in [1.165, 1.54) is 4.68 Å². The number of hydrogen-bond acceptors (Lipinski definition) is 5. The Bertz CT molecular complexity index is 755. The molecular weight excluding hydrogens is 453 g/mol. The first kappa shape index (κ1) is 19.9. The summed E-state index contributed by atoms with van der Waals surface area (Å²) in [4.78, 5) is 23.3. The minimum Gasteiger partial charge on any atom is -0.444 e. The number of carbonyl (C=O) groups excluding carboxylic acids is 2. The topological polar surface area (TPSA) is 109 Å². The number of carbonyl (C=O) groups is 2. The molecule has 3 N–H and O–H groups in total. The van der Waals surface area contributed by atoms with Gasteiger partial charge in [0.05, 0.1) is 0 Å². The van der Waals surface area contributed by atoms with Crippen molar-refractivity contribution in [3.8, 4) is 5.69 Å². The van der Waals surface area contributed by atoms with Crippen molar-refractivity contribution in [2.24, 2.45) is 0 Å². The third kappa shape index (κ3) is 6.86. The molecule has 2 aromatic rings. The van der Waals surface area contributed by atoms with Crippen LogP contribution in [0.25, 0.3) is 5.69 Å². The molecule has 0 fully saturated rings. The first-order chi connectivity index (χ1) is 12.2. The van der Waals surface area contributed by atoms with E-state index in [1.54, 1.807) is 27.0 Å². The number of amides is 3. The van der Waals surface area contributed by atoms with Crippen molar-refractivity contribution in [2.75, 3.05) is 18.4 Å². The van der Waals surface area contributed by atoms with Gasteiger partial charge in [-0.1, -0.05) is 0 Å².